The number of carbonyl (C=O) groups is 2. The Morgan fingerprint density at radius 1 is 0.608 bits per heavy atom. The second kappa shape index (κ2) is 36.1. The molecule has 0 fully saturated rings. The lowest BCUT2D eigenvalue weighted by Crippen LogP contribution is -2.29. The van der Waals surface area contributed by atoms with Crippen molar-refractivity contribution in [3.8, 4) is 0 Å². The highest BCUT2D eigenvalue weighted by Gasteiger charge is 2.23. The molecule has 0 amide bonds. The first-order valence-electron chi connectivity index (χ1n) is 19.7. The Balaban J connectivity index is 4.18. The first-order valence-corrected chi connectivity index (χ1v) is 21.2. The predicted octanol–water partition coefficient (Wildman–Crippen LogP) is 10.7. The average molecular weight is 739 g/mol. The van der Waals surface area contributed by atoms with Crippen LogP contribution in [0.1, 0.15) is 162 Å². The van der Waals surface area contributed by atoms with Gasteiger partial charge in [-0.1, -0.05) is 139 Å². The Labute approximate surface area is 309 Å². The SMILES string of the molecule is CCCCC/C=C\C/C=C\CCCCCCCC(=O)O[C@H](COC(=O)CCCC(O)/C=C/C=C/C/C=C/CCCCCCCC)COP(=O)(O)O. The highest BCUT2D eigenvalue weighted by molar-refractivity contribution is 7.46. The van der Waals surface area contributed by atoms with E-state index in [-0.39, 0.29) is 19.4 Å². The van der Waals surface area contributed by atoms with Gasteiger partial charge in [-0.3, -0.25) is 14.1 Å². The van der Waals surface area contributed by atoms with Crippen LogP contribution in [-0.4, -0.2) is 52.3 Å². The molecule has 3 N–H and O–H groups in total. The van der Waals surface area contributed by atoms with Crippen LogP contribution in [0.3, 0.4) is 0 Å². The molecule has 9 nitrogen and oxygen atoms in total. The minimum Gasteiger partial charge on any atom is -0.462 e. The summed E-state index contributed by atoms with van der Waals surface area (Å²) in [5.74, 6) is -1.10. The van der Waals surface area contributed by atoms with Gasteiger partial charge in [0.05, 0.1) is 12.7 Å². The third-order valence-corrected chi connectivity index (χ3v) is 8.60. The van der Waals surface area contributed by atoms with Crippen LogP contribution in [0, 0.1) is 0 Å². The summed E-state index contributed by atoms with van der Waals surface area (Å²) in [6.07, 6.45) is 41.1. The molecule has 0 saturated carbocycles. The Bertz CT molecular complexity index is 1030. The number of carbonyl (C=O) groups excluding carboxylic acids is 2. The van der Waals surface area contributed by atoms with Gasteiger partial charge >= 0.3 is 19.8 Å². The van der Waals surface area contributed by atoms with Gasteiger partial charge in [0.1, 0.15) is 6.61 Å². The molecule has 0 aromatic carbocycles. The number of ether oxygens (including phenoxy) is 2. The van der Waals surface area contributed by atoms with Crippen molar-refractivity contribution in [2.24, 2.45) is 0 Å². The molecule has 294 valence electrons. The van der Waals surface area contributed by atoms with Crippen molar-refractivity contribution in [2.75, 3.05) is 13.2 Å². The molecule has 10 heteroatoms. The molecule has 0 heterocycles. The van der Waals surface area contributed by atoms with Crippen LogP contribution >= 0.6 is 7.82 Å². The maximum absolute atomic E-state index is 12.4. The molecule has 0 rings (SSSR count). The second-order valence-electron chi connectivity index (χ2n) is 13.1. The second-order valence-corrected chi connectivity index (χ2v) is 14.3. The summed E-state index contributed by atoms with van der Waals surface area (Å²) in [5, 5.41) is 10.2. The van der Waals surface area contributed by atoms with Gasteiger partial charge in [0, 0.05) is 12.8 Å². The number of phosphoric acid groups is 1. The molecule has 0 bridgehead atoms. The van der Waals surface area contributed by atoms with Crippen LogP contribution in [0.15, 0.2) is 60.8 Å². The van der Waals surface area contributed by atoms with Crippen LogP contribution in [0.2, 0.25) is 0 Å². The topological polar surface area (TPSA) is 140 Å². The largest absolute Gasteiger partial charge is 0.469 e. The fourth-order valence-electron chi connectivity index (χ4n) is 5.12. The van der Waals surface area contributed by atoms with Gasteiger partial charge < -0.3 is 24.4 Å². The molecular formula is C41H71O9P. The number of rotatable bonds is 35. The van der Waals surface area contributed by atoms with Gasteiger partial charge in [-0.25, -0.2) is 4.57 Å². The zero-order chi connectivity index (χ0) is 37.7. The molecule has 0 spiro atoms. The molecule has 0 aromatic heterocycles. The van der Waals surface area contributed by atoms with E-state index < -0.39 is 38.6 Å². The first kappa shape index (κ1) is 48.7. The van der Waals surface area contributed by atoms with E-state index in [1.165, 1.54) is 57.8 Å². The van der Waals surface area contributed by atoms with E-state index in [9.17, 15) is 19.3 Å². The number of hydrogen-bond donors (Lipinski definition) is 3. The average Bonchev–Trinajstić information content (AvgIpc) is 3.09. The predicted molar refractivity (Wildman–Crippen MR) is 208 cm³/mol. The van der Waals surface area contributed by atoms with E-state index in [1.807, 2.05) is 12.2 Å². The van der Waals surface area contributed by atoms with Crippen LogP contribution < -0.4 is 0 Å². The third kappa shape index (κ3) is 38.8. The van der Waals surface area contributed by atoms with Gasteiger partial charge in [0.2, 0.25) is 0 Å². The van der Waals surface area contributed by atoms with Crippen molar-refractivity contribution in [3.05, 3.63) is 60.8 Å². The Kier molecular flexibility index (Phi) is 34.5. The number of unbranched alkanes of at least 4 members (excludes halogenated alkanes) is 14. The van der Waals surface area contributed by atoms with E-state index in [0.29, 0.717) is 19.3 Å². The van der Waals surface area contributed by atoms with E-state index in [0.717, 1.165) is 57.8 Å². The molecular weight excluding hydrogens is 667 g/mol. The lowest BCUT2D eigenvalue weighted by Gasteiger charge is -2.18. The number of esters is 2. The lowest BCUT2D eigenvalue weighted by molar-refractivity contribution is -0.161. The maximum Gasteiger partial charge on any atom is 0.469 e. The zero-order valence-electron chi connectivity index (χ0n) is 31.8. The molecule has 0 aliphatic carbocycles. The highest BCUT2D eigenvalue weighted by Crippen LogP contribution is 2.36. The maximum atomic E-state index is 12.4. The number of allylic oxidation sites excluding steroid dienone is 9. The number of aliphatic hydroxyl groups excluding tert-OH is 1. The molecule has 0 saturated heterocycles. The zero-order valence-corrected chi connectivity index (χ0v) is 32.7. The number of aliphatic hydroxyl groups is 1. The highest BCUT2D eigenvalue weighted by atomic mass is 31.2. The normalized spacial score (nSPS) is 13.7. The van der Waals surface area contributed by atoms with Crippen molar-refractivity contribution in [1.82, 2.24) is 0 Å². The molecule has 0 radical (unpaired) electrons. The van der Waals surface area contributed by atoms with Gasteiger partial charge in [0.15, 0.2) is 6.10 Å². The van der Waals surface area contributed by atoms with E-state index in [2.05, 4.69) is 54.8 Å². The molecule has 1 unspecified atom stereocenters. The Morgan fingerprint density at radius 3 is 1.73 bits per heavy atom. The standard InChI is InChI=1S/C41H71O9P/c1-3-5-7-9-11-13-15-17-18-20-22-24-26-28-30-34-41(44)50-39(37-49-51(45,46)47)36-48-40(43)35-31-33-38(42)32-29-27-25-23-21-19-16-14-12-10-8-6-4-2/h11,13,17-19,21,25,27,29,32,38-39,42H,3-10,12,14-16,20,22-24,26,28,30-31,33-37H2,1-2H3,(H2,45,46,47)/b13-11-,18-17-,21-19+,27-25+,32-29+/t38?,39-/m1/s1. The Hall–Kier alpha value is -2.29. The molecule has 0 aromatic rings. The fourth-order valence-corrected chi connectivity index (χ4v) is 5.48. The van der Waals surface area contributed by atoms with Gasteiger partial charge in [-0.15, -0.1) is 0 Å². The Morgan fingerprint density at radius 2 is 1.12 bits per heavy atom. The summed E-state index contributed by atoms with van der Waals surface area (Å²) < 4.78 is 26.2. The molecule has 2 atom stereocenters. The number of hydrogen-bond acceptors (Lipinski definition) is 7. The number of phosphoric ester groups is 1. The quantitative estimate of drug-likeness (QED) is 0.0190. The fraction of sp³-hybridized carbons (Fsp3) is 0.707. The molecule has 0 aliphatic heterocycles. The summed E-state index contributed by atoms with van der Waals surface area (Å²) >= 11 is 0. The van der Waals surface area contributed by atoms with E-state index in [1.54, 1.807) is 12.2 Å². The van der Waals surface area contributed by atoms with Crippen LogP contribution in [0.4, 0.5) is 0 Å². The van der Waals surface area contributed by atoms with Crippen LogP contribution in [0.25, 0.3) is 0 Å². The van der Waals surface area contributed by atoms with Crippen molar-refractivity contribution < 1.29 is 43.0 Å². The van der Waals surface area contributed by atoms with Crippen LogP contribution in [-0.2, 0) is 28.2 Å². The van der Waals surface area contributed by atoms with E-state index in [4.69, 9.17) is 19.3 Å². The molecule has 0 aliphatic rings. The van der Waals surface area contributed by atoms with Crippen molar-refractivity contribution in [1.29, 1.82) is 0 Å². The molecule has 51 heavy (non-hydrogen) atoms. The van der Waals surface area contributed by atoms with Crippen LogP contribution in [0.5, 0.6) is 0 Å². The summed E-state index contributed by atoms with van der Waals surface area (Å²) in [4.78, 5) is 42.8. The smallest absolute Gasteiger partial charge is 0.462 e. The third-order valence-electron chi connectivity index (χ3n) is 8.11. The summed E-state index contributed by atoms with van der Waals surface area (Å²) in [5.41, 5.74) is 0. The minimum atomic E-state index is -4.80. The van der Waals surface area contributed by atoms with Crippen molar-refractivity contribution >= 4 is 19.8 Å². The van der Waals surface area contributed by atoms with Crippen molar-refractivity contribution in [2.45, 2.75) is 174 Å². The van der Waals surface area contributed by atoms with Gasteiger partial charge in [-0.2, -0.15) is 0 Å². The van der Waals surface area contributed by atoms with Crippen molar-refractivity contribution in [3.63, 3.8) is 0 Å². The minimum absolute atomic E-state index is 0.0378. The first-order chi connectivity index (χ1) is 24.7. The summed E-state index contributed by atoms with van der Waals surface area (Å²) in [6.45, 7) is 3.46. The van der Waals surface area contributed by atoms with E-state index >= 15 is 0 Å². The lowest BCUT2D eigenvalue weighted by atomic mass is 10.1. The summed E-state index contributed by atoms with van der Waals surface area (Å²) in [7, 11) is -4.80. The summed E-state index contributed by atoms with van der Waals surface area (Å²) in [6, 6.07) is 0. The van der Waals surface area contributed by atoms with Gasteiger partial charge in [0.25, 0.3) is 0 Å². The van der Waals surface area contributed by atoms with Gasteiger partial charge in [-0.05, 0) is 70.6 Å². The monoisotopic (exact) mass is 738 g/mol.